The van der Waals surface area contributed by atoms with Crippen molar-refractivity contribution in [1.29, 1.82) is 0 Å². The van der Waals surface area contributed by atoms with Crippen LogP contribution in [0.25, 0.3) is 0 Å². The van der Waals surface area contributed by atoms with Gasteiger partial charge in [-0.15, -0.1) is 0 Å². The smallest absolute Gasteiger partial charge is 0.119 e. The second-order valence-electron chi connectivity index (χ2n) is 5.27. The van der Waals surface area contributed by atoms with Crippen LogP contribution in [-0.4, -0.2) is 13.2 Å². The Morgan fingerprint density at radius 1 is 1.14 bits per heavy atom. The molecule has 0 saturated heterocycles. The molecule has 2 aromatic rings. The van der Waals surface area contributed by atoms with E-state index in [1.807, 2.05) is 24.3 Å². The highest BCUT2D eigenvalue weighted by Gasteiger charge is 2.14. The molecule has 0 amide bonds. The van der Waals surface area contributed by atoms with E-state index in [1.165, 1.54) is 0 Å². The summed E-state index contributed by atoms with van der Waals surface area (Å²) in [6.45, 7) is 3.35. The molecule has 118 valence electrons. The van der Waals surface area contributed by atoms with Gasteiger partial charge in [-0.3, -0.25) is 0 Å². The molecule has 2 nitrogen and oxygen atoms in total. The summed E-state index contributed by atoms with van der Waals surface area (Å²) < 4.78 is 5.70. The summed E-state index contributed by atoms with van der Waals surface area (Å²) in [5.41, 5.74) is 8.15. The highest BCUT2D eigenvalue weighted by Crippen LogP contribution is 2.30. The van der Waals surface area contributed by atoms with Crippen LogP contribution in [0.1, 0.15) is 30.4 Å². The first-order valence-corrected chi connectivity index (χ1v) is 8.27. The van der Waals surface area contributed by atoms with Crippen LogP contribution in [0.5, 0.6) is 5.75 Å². The van der Waals surface area contributed by atoms with E-state index in [0.717, 1.165) is 36.3 Å². The minimum Gasteiger partial charge on any atom is -0.494 e. The topological polar surface area (TPSA) is 35.2 Å². The van der Waals surface area contributed by atoms with Crippen molar-refractivity contribution in [3.05, 3.63) is 63.6 Å². The third-order valence-electron chi connectivity index (χ3n) is 3.58. The number of hydrogen-bond donors (Lipinski definition) is 1. The molecule has 0 saturated carbocycles. The van der Waals surface area contributed by atoms with Gasteiger partial charge in [-0.25, -0.2) is 0 Å². The number of halogens is 2. The Bertz CT molecular complexity index is 616. The van der Waals surface area contributed by atoms with E-state index in [9.17, 15) is 0 Å². The second-order valence-corrected chi connectivity index (χ2v) is 6.06. The van der Waals surface area contributed by atoms with Gasteiger partial charge in [0.1, 0.15) is 5.75 Å². The molecule has 0 fully saturated rings. The maximum absolute atomic E-state index is 6.28. The van der Waals surface area contributed by atoms with Crippen molar-refractivity contribution in [1.82, 2.24) is 0 Å². The van der Waals surface area contributed by atoms with Crippen LogP contribution < -0.4 is 10.5 Å². The van der Waals surface area contributed by atoms with Gasteiger partial charge in [-0.05, 0) is 48.7 Å². The van der Waals surface area contributed by atoms with E-state index in [0.29, 0.717) is 16.6 Å². The lowest BCUT2D eigenvalue weighted by molar-refractivity contribution is 0.317. The van der Waals surface area contributed by atoms with Crippen LogP contribution >= 0.6 is 23.2 Å². The van der Waals surface area contributed by atoms with Crippen molar-refractivity contribution in [2.75, 3.05) is 13.2 Å². The highest BCUT2D eigenvalue weighted by atomic mass is 35.5. The van der Waals surface area contributed by atoms with E-state index < -0.39 is 0 Å². The lowest BCUT2D eigenvalue weighted by atomic mass is 9.92. The van der Waals surface area contributed by atoms with Gasteiger partial charge in [-0.1, -0.05) is 54.4 Å². The van der Waals surface area contributed by atoms with E-state index >= 15 is 0 Å². The van der Waals surface area contributed by atoms with Gasteiger partial charge in [0.05, 0.1) is 16.7 Å². The van der Waals surface area contributed by atoms with Gasteiger partial charge in [0.2, 0.25) is 0 Å². The normalized spacial score (nSPS) is 12.2. The fraction of sp³-hybridized carbons (Fsp3) is 0.333. The van der Waals surface area contributed by atoms with E-state index in [-0.39, 0.29) is 5.92 Å². The molecule has 1 atom stereocenters. The van der Waals surface area contributed by atoms with Crippen molar-refractivity contribution in [3.8, 4) is 5.75 Å². The Kier molecular flexibility index (Phi) is 6.56. The maximum atomic E-state index is 6.28. The summed E-state index contributed by atoms with van der Waals surface area (Å²) in [6.07, 6.45) is 1.75. The Morgan fingerprint density at radius 3 is 2.64 bits per heavy atom. The van der Waals surface area contributed by atoms with Gasteiger partial charge in [0.25, 0.3) is 0 Å². The minimum absolute atomic E-state index is 0.182. The second kappa shape index (κ2) is 8.42. The van der Waals surface area contributed by atoms with Crippen LogP contribution in [0.15, 0.2) is 42.5 Å². The molecule has 4 heteroatoms. The summed E-state index contributed by atoms with van der Waals surface area (Å²) in [5, 5.41) is 1.19. The van der Waals surface area contributed by atoms with Crippen LogP contribution in [0.4, 0.5) is 0 Å². The molecule has 0 aliphatic heterocycles. The average Bonchev–Trinajstić information content (AvgIpc) is 2.54. The molecule has 0 spiro atoms. The Hall–Kier alpha value is -1.22. The molecule has 1 unspecified atom stereocenters. The Labute approximate surface area is 142 Å². The molecular formula is C18H21Cl2NO. The first-order valence-electron chi connectivity index (χ1n) is 7.51. The highest BCUT2D eigenvalue weighted by molar-refractivity contribution is 6.42. The molecular weight excluding hydrogens is 317 g/mol. The zero-order valence-electron chi connectivity index (χ0n) is 12.7. The van der Waals surface area contributed by atoms with Gasteiger partial charge in [0.15, 0.2) is 0 Å². The van der Waals surface area contributed by atoms with Crippen LogP contribution in [0.2, 0.25) is 10.0 Å². The Morgan fingerprint density at radius 2 is 1.91 bits per heavy atom. The predicted molar refractivity (Wildman–Crippen MR) is 94.2 cm³/mol. The van der Waals surface area contributed by atoms with Crippen molar-refractivity contribution < 1.29 is 4.74 Å². The molecule has 0 aromatic heterocycles. The van der Waals surface area contributed by atoms with Crippen molar-refractivity contribution >= 4 is 23.2 Å². The monoisotopic (exact) mass is 337 g/mol. The molecule has 0 bridgehead atoms. The van der Waals surface area contributed by atoms with E-state index in [4.69, 9.17) is 33.7 Å². The van der Waals surface area contributed by atoms with Crippen molar-refractivity contribution in [3.63, 3.8) is 0 Å². The quantitative estimate of drug-likeness (QED) is 0.765. The minimum atomic E-state index is 0.182. The number of ether oxygens (including phenoxy) is 1. The van der Waals surface area contributed by atoms with Crippen molar-refractivity contribution in [2.24, 2.45) is 5.73 Å². The third-order valence-corrected chi connectivity index (χ3v) is 4.44. The predicted octanol–water partition coefficient (Wildman–Crippen LogP) is 5.07. The first-order chi connectivity index (χ1) is 10.7. The van der Waals surface area contributed by atoms with E-state index in [2.05, 4.69) is 19.1 Å². The van der Waals surface area contributed by atoms with E-state index in [1.54, 1.807) is 6.07 Å². The first kappa shape index (κ1) is 17.1. The maximum Gasteiger partial charge on any atom is 0.119 e. The largest absolute Gasteiger partial charge is 0.494 e. The fourth-order valence-corrected chi connectivity index (χ4v) is 2.78. The summed E-state index contributed by atoms with van der Waals surface area (Å²) in [5.74, 6) is 1.07. The SMILES string of the molecule is CCCOc1cccc(C(CN)Cc2cccc(Cl)c2Cl)c1. The lowest BCUT2D eigenvalue weighted by Gasteiger charge is -2.17. The number of rotatable bonds is 7. The van der Waals surface area contributed by atoms with Crippen LogP contribution in [-0.2, 0) is 6.42 Å². The standard InChI is InChI=1S/C18H21Cl2NO/c1-2-9-22-16-7-3-5-13(11-16)15(12-21)10-14-6-4-8-17(19)18(14)20/h3-8,11,15H,2,9-10,12,21H2,1H3. The Balaban J connectivity index is 2.19. The zero-order chi connectivity index (χ0) is 15.9. The van der Waals surface area contributed by atoms with Gasteiger partial charge >= 0.3 is 0 Å². The molecule has 0 aliphatic rings. The molecule has 2 rings (SSSR count). The average molecular weight is 338 g/mol. The van der Waals surface area contributed by atoms with Crippen LogP contribution in [0, 0.1) is 0 Å². The fourth-order valence-electron chi connectivity index (χ4n) is 2.39. The van der Waals surface area contributed by atoms with Gasteiger partial charge < -0.3 is 10.5 Å². The van der Waals surface area contributed by atoms with Crippen molar-refractivity contribution in [2.45, 2.75) is 25.7 Å². The molecule has 22 heavy (non-hydrogen) atoms. The van der Waals surface area contributed by atoms with Gasteiger partial charge in [-0.2, -0.15) is 0 Å². The summed E-state index contributed by atoms with van der Waals surface area (Å²) in [6, 6.07) is 13.8. The van der Waals surface area contributed by atoms with Crippen LogP contribution in [0.3, 0.4) is 0 Å². The summed E-state index contributed by atoms with van der Waals surface area (Å²) >= 11 is 12.4. The third kappa shape index (κ3) is 4.39. The zero-order valence-corrected chi connectivity index (χ0v) is 14.2. The number of nitrogens with two attached hydrogens (primary N) is 1. The lowest BCUT2D eigenvalue weighted by Crippen LogP contribution is -2.15. The number of hydrogen-bond acceptors (Lipinski definition) is 2. The molecule has 2 aromatic carbocycles. The summed E-state index contributed by atoms with van der Waals surface area (Å²) in [7, 11) is 0. The molecule has 0 aliphatic carbocycles. The molecule has 2 N–H and O–H groups in total. The number of benzene rings is 2. The summed E-state index contributed by atoms with van der Waals surface area (Å²) in [4.78, 5) is 0. The molecule has 0 radical (unpaired) electrons. The van der Waals surface area contributed by atoms with Gasteiger partial charge in [0, 0.05) is 5.92 Å². The molecule has 0 heterocycles.